The van der Waals surface area contributed by atoms with Crippen LogP contribution in [0.2, 0.25) is 0 Å². The van der Waals surface area contributed by atoms with Crippen LogP contribution in [0.25, 0.3) is 5.69 Å². The average molecular weight is 428 g/mol. The maximum Gasteiger partial charge on any atom is 0.251 e. The van der Waals surface area contributed by atoms with Gasteiger partial charge < -0.3 is 5.32 Å². The fourth-order valence-electron chi connectivity index (χ4n) is 5.62. The fourth-order valence-corrected chi connectivity index (χ4v) is 5.62. The second-order valence-corrected chi connectivity index (χ2v) is 9.23. The van der Waals surface area contributed by atoms with Crippen LogP contribution < -0.4 is 5.32 Å². The van der Waals surface area contributed by atoms with E-state index in [1.165, 1.54) is 12.8 Å². The van der Waals surface area contributed by atoms with E-state index in [0.717, 1.165) is 41.0 Å². The maximum atomic E-state index is 13.5. The van der Waals surface area contributed by atoms with Crippen LogP contribution in [0.5, 0.6) is 0 Å². The van der Waals surface area contributed by atoms with Gasteiger partial charge in [0.2, 0.25) is 0 Å². The van der Waals surface area contributed by atoms with Crippen LogP contribution in [0, 0.1) is 19.8 Å². The van der Waals surface area contributed by atoms with E-state index >= 15 is 0 Å². The number of nitrogens with zero attached hydrogens (tertiary/aromatic N) is 2. The Balaban J connectivity index is 1.55. The molecule has 5 rings (SSSR count). The molecule has 1 saturated carbocycles. The van der Waals surface area contributed by atoms with E-state index in [0.29, 0.717) is 11.5 Å². The van der Waals surface area contributed by atoms with Crippen LogP contribution in [0.15, 0.2) is 54.6 Å². The van der Waals surface area contributed by atoms with E-state index in [9.17, 15) is 9.59 Å². The highest BCUT2D eigenvalue weighted by molar-refractivity contribution is 5.99. The van der Waals surface area contributed by atoms with Gasteiger partial charge in [-0.05, 0) is 56.9 Å². The highest BCUT2D eigenvalue weighted by Gasteiger charge is 2.44. The second kappa shape index (κ2) is 8.38. The monoisotopic (exact) mass is 427 g/mol. The molecule has 1 heterocycles. The number of para-hydroxylation sites is 1. The summed E-state index contributed by atoms with van der Waals surface area (Å²) in [5, 5.41) is 7.98. The third-order valence-electron chi connectivity index (χ3n) is 7.06. The minimum Gasteiger partial charge on any atom is -0.342 e. The zero-order valence-corrected chi connectivity index (χ0v) is 18.7. The van der Waals surface area contributed by atoms with Crippen molar-refractivity contribution >= 4 is 11.7 Å². The van der Waals surface area contributed by atoms with Gasteiger partial charge >= 0.3 is 0 Å². The van der Waals surface area contributed by atoms with E-state index < -0.39 is 6.04 Å². The summed E-state index contributed by atoms with van der Waals surface area (Å²) in [4.78, 5) is 26.6. The van der Waals surface area contributed by atoms with Crippen molar-refractivity contribution in [1.29, 1.82) is 0 Å². The van der Waals surface area contributed by atoms with E-state index in [4.69, 9.17) is 5.10 Å². The molecule has 0 spiro atoms. The number of amides is 1. The summed E-state index contributed by atoms with van der Waals surface area (Å²) >= 11 is 0. The predicted molar refractivity (Wildman–Crippen MR) is 124 cm³/mol. The molecule has 0 unspecified atom stereocenters. The second-order valence-electron chi connectivity index (χ2n) is 9.23. The van der Waals surface area contributed by atoms with Gasteiger partial charge in [0.05, 0.1) is 29.5 Å². The van der Waals surface area contributed by atoms with Gasteiger partial charge in [0.15, 0.2) is 5.78 Å². The van der Waals surface area contributed by atoms with Crippen molar-refractivity contribution in [2.75, 3.05) is 0 Å². The summed E-state index contributed by atoms with van der Waals surface area (Å²) in [5.74, 6) is 0.256. The number of hydrogen-bond acceptors (Lipinski definition) is 3. The SMILES string of the molecule is Cc1cccc(C(=O)N[C@@H]2C(=O)Cc3c(c(C)nn3-c3ccccc3)[C@@H]2C2CCCC2)c1. The molecule has 2 aliphatic rings. The number of nitrogens with one attached hydrogen (secondary N) is 1. The van der Waals surface area contributed by atoms with Crippen LogP contribution in [-0.4, -0.2) is 27.5 Å². The van der Waals surface area contributed by atoms with Crippen molar-refractivity contribution in [3.8, 4) is 5.69 Å². The molecule has 5 nitrogen and oxygen atoms in total. The number of hydrogen-bond donors (Lipinski definition) is 1. The number of fused-ring (bicyclic) bond motifs is 1. The molecule has 0 radical (unpaired) electrons. The molecule has 164 valence electrons. The number of carbonyl (C=O) groups is 2. The standard InChI is InChI=1S/C27H29N3O2/c1-17-9-8-12-20(15-17)27(32)28-26-23(31)16-22-24(25(26)19-10-6-7-11-19)18(2)29-30(22)21-13-4-3-5-14-21/h3-5,8-9,12-15,19,25-26H,6-7,10-11,16H2,1-2H3,(H,28,32)/t25-,26+/m0/s1. The number of aromatic nitrogens is 2. The predicted octanol–water partition coefficient (Wildman–Crippen LogP) is 4.69. The molecule has 32 heavy (non-hydrogen) atoms. The molecule has 0 bridgehead atoms. The topological polar surface area (TPSA) is 64.0 Å². The van der Waals surface area contributed by atoms with Gasteiger partial charge in [-0.25, -0.2) is 4.68 Å². The number of carbonyl (C=O) groups excluding carboxylic acids is 2. The van der Waals surface area contributed by atoms with Gasteiger partial charge in [0.25, 0.3) is 5.91 Å². The van der Waals surface area contributed by atoms with Gasteiger partial charge in [-0.2, -0.15) is 5.10 Å². The molecule has 2 aromatic carbocycles. The lowest BCUT2D eigenvalue weighted by Crippen LogP contribution is -2.50. The highest BCUT2D eigenvalue weighted by atomic mass is 16.2. The Hall–Kier alpha value is -3.21. The first-order chi connectivity index (χ1) is 15.5. The molecule has 1 N–H and O–H groups in total. The van der Waals surface area contributed by atoms with Crippen LogP contribution in [0.1, 0.15) is 64.5 Å². The van der Waals surface area contributed by atoms with Gasteiger partial charge in [-0.15, -0.1) is 0 Å². The summed E-state index contributed by atoms with van der Waals surface area (Å²) in [7, 11) is 0. The Morgan fingerprint density at radius 3 is 2.50 bits per heavy atom. The molecule has 1 amide bonds. The fraction of sp³-hybridized carbons (Fsp3) is 0.370. The minimum atomic E-state index is -0.509. The molecule has 1 aromatic heterocycles. The number of benzene rings is 2. The third kappa shape index (κ3) is 3.66. The Kier molecular flexibility index (Phi) is 5.41. The first kappa shape index (κ1) is 20.7. The van der Waals surface area contributed by atoms with E-state index in [2.05, 4.69) is 5.32 Å². The lowest BCUT2D eigenvalue weighted by atomic mass is 9.72. The average Bonchev–Trinajstić information content (AvgIpc) is 3.43. The van der Waals surface area contributed by atoms with Crippen molar-refractivity contribution in [2.24, 2.45) is 5.92 Å². The Labute approximate surface area is 188 Å². The third-order valence-corrected chi connectivity index (χ3v) is 7.06. The van der Waals surface area contributed by atoms with Crippen LogP contribution in [0.3, 0.4) is 0 Å². The molecule has 0 aliphatic heterocycles. The summed E-state index contributed by atoms with van der Waals surface area (Å²) in [5.41, 5.74) is 5.71. The van der Waals surface area contributed by atoms with Crippen LogP contribution in [0.4, 0.5) is 0 Å². The minimum absolute atomic E-state index is 0.0278. The van der Waals surface area contributed by atoms with E-state index in [-0.39, 0.29) is 24.0 Å². The summed E-state index contributed by atoms with van der Waals surface area (Å²) in [6.07, 6.45) is 4.81. The van der Waals surface area contributed by atoms with E-state index in [1.54, 1.807) is 0 Å². The molecule has 3 aromatic rings. The molecule has 2 aliphatic carbocycles. The molecular weight excluding hydrogens is 398 g/mol. The molecule has 2 atom stereocenters. The van der Waals surface area contributed by atoms with Crippen molar-refractivity contribution in [1.82, 2.24) is 15.1 Å². The molecular formula is C27H29N3O2. The van der Waals surface area contributed by atoms with Crippen molar-refractivity contribution in [3.05, 3.63) is 82.7 Å². The van der Waals surface area contributed by atoms with Crippen LogP contribution in [-0.2, 0) is 11.2 Å². The first-order valence-corrected chi connectivity index (χ1v) is 11.6. The highest BCUT2D eigenvalue weighted by Crippen LogP contribution is 2.45. The quantitative estimate of drug-likeness (QED) is 0.657. The molecule has 1 fully saturated rings. The summed E-state index contributed by atoms with van der Waals surface area (Å²) in [6.45, 7) is 4.01. The Morgan fingerprint density at radius 2 is 1.78 bits per heavy atom. The number of Topliss-reactive ketones (excluding diaryl/α,β-unsaturated/α-hetero) is 1. The van der Waals surface area contributed by atoms with Crippen molar-refractivity contribution in [3.63, 3.8) is 0 Å². The van der Waals surface area contributed by atoms with Crippen molar-refractivity contribution in [2.45, 2.75) is 57.9 Å². The zero-order valence-electron chi connectivity index (χ0n) is 18.7. The summed E-state index contributed by atoms with van der Waals surface area (Å²) < 4.78 is 1.93. The van der Waals surface area contributed by atoms with Crippen molar-refractivity contribution < 1.29 is 9.59 Å². The van der Waals surface area contributed by atoms with Crippen LogP contribution >= 0.6 is 0 Å². The first-order valence-electron chi connectivity index (χ1n) is 11.6. The van der Waals surface area contributed by atoms with Gasteiger partial charge in [0, 0.05) is 17.0 Å². The van der Waals surface area contributed by atoms with Gasteiger partial charge in [0.1, 0.15) is 0 Å². The zero-order chi connectivity index (χ0) is 22.2. The Bertz CT molecular complexity index is 1160. The summed E-state index contributed by atoms with van der Waals surface area (Å²) in [6, 6.07) is 17.0. The van der Waals surface area contributed by atoms with E-state index in [1.807, 2.05) is 73.1 Å². The Morgan fingerprint density at radius 1 is 1.03 bits per heavy atom. The lowest BCUT2D eigenvalue weighted by Gasteiger charge is -2.36. The smallest absolute Gasteiger partial charge is 0.251 e. The maximum absolute atomic E-state index is 13.5. The normalized spacial score (nSPS) is 20.9. The number of aryl methyl sites for hydroxylation is 2. The largest absolute Gasteiger partial charge is 0.342 e. The molecule has 5 heteroatoms. The molecule has 0 saturated heterocycles. The number of rotatable bonds is 4. The van der Waals surface area contributed by atoms with Gasteiger partial charge in [-0.1, -0.05) is 48.7 Å². The lowest BCUT2D eigenvalue weighted by molar-refractivity contribution is -0.121. The number of ketones is 1. The van der Waals surface area contributed by atoms with Gasteiger partial charge in [-0.3, -0.25) is 9.59 Å².